The van der Waals surface area contributed by atoms with Crippen LogP contribution in [0.4, 0.5) is 0 Å². The second-order valence-corrected chi connectivity index (χ2v) is 13.8. The van der Waals surface area contributed by atoms with E-state index in [0.717, 1.165) is 38.5 Å². The Morgan fingerprint density at radius 2 is 1.76 bits per heavy atom. The maximum absolute atomic E-state index is 12.5. The number of carbonyl (C=O) groups excluding carboxylic acids is 2. The summed E-state index contributed by atoms with van der Waals surface area (Å²) in [5.74, 6) is 2.52. The Bertz CT molecular complexity index is 899. The number of carbonyl (C=O) groups is 2. The number of aliphatic hydroxyl groups excluding tert-OH is 1. The van der Waals surface area contributed by atoms with Gasteiger partial charge in [-0.3, -0.25) is 9.59 Å². The molecule has 11 atom stereocenters. The highest BCUT2D eigenvalue weighted by Crippen LogP contribution is 2.68. The normalized spacial score (nSPS) is 41.6. The van der Waals surface area contributed by atoms with Crippen LogP contribution in [0.1, 0.15) is 112 Å². The van der Waals surface area contributed by atoms with Crippen LogP contribution in [0.15, 0.2) is 0 Å². The van der Waals surface area contributed by atoms with Crippen LogP contribution < -0.4 is 0 Å². The van der Waals surface area contributed by atoms with Crippen molar-refractivity contribution >= 4 is 11.9 Å². The zero-order valence-corrected chi connectivity index (χ0v) is 24.4. The number of esters is 2. The smallest absolute Gasteiger partial charge is 0.308 e. The summed E-state index contributed by atoms with van der Waals surface area (Å²) in [7, 11) is 0. The summed E-state index contributed by atoms with van der Waals surface area (Å²) in [4.78, 5) is 24.6. The summed E-state index contributed by atoms with van der Waals surface area (Å²) in [6.07, 6.45) is 10.5. The standard InChI is InChI=1S/C32H51NO5/c1-6-20(2)30(36)38-23-12-14-31(4)22(18-23)19-27(34)29-25-10-9-24(32(25,5)15-13-26(29)31)21(3)8-11-28(35)37-17-7-16-33/h20-27,29,34H,6-15,17-19H2,1-5H3. The largest absolute Gasteiger partial charge is 0.465 e. The third-order valence-electron chi connectivity index (χ3n) is 12.0. The predicted octanol–water partition coefficient (Wildman–Crippen LogP) is 6.45. The molecule has 6 nitrogen and oxygen atoms in total. The van der Waals surface area contributed by atoms with Crippen molar-refractivity contribution in [2.45, 2.75) is 124 Å². The summed E-state index contributed by atoms with van der Waals surface area (Å²) < 4.78 is 11.1. The number of hydrogen-bond donors (Lipinski definition) is 1. The summed E-state index contributed by atoms with van der Waals surface area (Å²) >= 11 is 0. The van der Waals surface area contributed by atoms with Crippen molar-refractivity contribution in [1.82, 2.24) is 0 Å². The Morgan fingerprint density at radius 3 is 2.47 bits per heavy atom. The van der Waals surface area contributed by atoms with Gasteiger partial charge in [0.05, 0.1) is 24.5 Å². The van der Waals surface area contributed by atoms with Gasteiger partial charge in [0.1, 0.15) is 12.7 Å². The van der Waals surface area contributed by atoms with Gasteiger partial charge < -0.3 is 14.6 Å². The molecule has 4 saturated carbocycles. The Labute approximate surface area is 230 Å². The van der Waals surface area contributed by atoms with E-state index in [1.165, 1.54) is 25.7 Å². The number of aliphatic hydroxyl groups is 1. The minimum Gasteiger partial charge on any atom is -0.465 e. The molecule has 38 heavy (non-hydrogen) atoms. The Morgan fingerprint density at radius 1 is 1.05 bits per heavy atom. The SMILES string of the molecule is CCC(C)C(=O)OC1CCC2(C)C(C1)CC(O)C1C2CCC2(C)C(C(C)CCC(=O)OCCC#N)CCC12. The molecule has 4 rings (SSSR count). The second-order valence-electron chi connectivity index (χ2n) is 13.8. The molecular formula is C32H51NO5. The molecule has 0 aliphatic heterocycles. The Kier molecular flexibility index (Phi) is 9.17. The maximum atomic E-state index is 12.5. The molecule has 214 valence electrons. The van der Waals surface area contributed by atoms with Crippen LogP contribution in [-0.4, -0.2) is 35.9 Å². The highest BCUT2D eigenvalue weighted by molar-refractivity contribution is 5.72. The molecule has 0 bridgehead atoms. The molecular weight excluding hydrogens is 478 g/mol. The third kappa shape index (κ3) is 5.51. The van der Waals surface area contributed by atoms with Gasteiger partial charge in [-0.15, -0.1) is 0 Å². The number of hydrogen-bond acceptors (Lipinski definition) is 6. The molecule has 11 unspecified atom stereocenters. The lowest BCUT2D eigenvalue weighted by molar-refractivity contribution is -0.184. The Hall–Kier alpha value is -1.61. The fraction of sp³-hybridized carbons (Fsp3) is 0.906. The van der Waals surface area contributed by atoms with Crippen molar-refractivity contribution in [1.29, 1.82) is 5.26 Å². The Balaban J connectivity index is 1.40. The first-order chi connectivity index (χ1) is 18.0. The third-order valence-corrected chi connectivity index (χ3v) is 12.0. The van der Waals surface area contributed by atoms with Gasteiger partial charge >= 0.3 is 11.9 Å². The van der Waals surface area contributed by atoms with Gasteiger partial charge in [-0.1, -0.05) is 34.6 Å². The van der Waals surface area contributed by atoms with Gasteiger partial charge in [0.25, 0.3) is 0 Å². The van der Waals surface area contributed by atoms with Crippen LogP contribution in [0.5, 0.6) is 0 Å². The van der Waals surface area contributed by atoms with E-state index in [4.69, 9.17) is 14.7 Å². The van der Waals surface area contributed by atoms with Crippen LogP contribution in [-0.2, 0) is 19.1 Å². The van der Waals surface area contributed by atoms with Crippen LogP contribution in [0.3, 0.4) is 0 Å². The average Bonchev–Trinajstić information content (AvgIpc) is 3.25. The first-order valence-corrected chi connectivity index (χ1v) is 15.5. The van der Waals surface area contributed by atoms with Gasteiger partial charge in [-0.05, 0) is 111 Å². The van der Waals surface area contributed by atoms with E-state index < -0.39 is 0 Å². The van der Waals surface area contributed by atoms with Crippen LogP contribution in [0, 0.1) is 63.6 Å². The molecule has 0 aromatic heterocycles. The molecule has 6 heteroatoms. The molecule has 4 aliphatic carbocycles. The molecule has 0 aromatic rings. The fourth-order valence-corrected chi connectivity index (χ4v) is 9.54. The molecule has 4 aliphatic rings. The van der Waals surface area contributed by atoms with E-state index in [2.05, 4.69) is 20.8 Å². The number of nitriles is 1. The monoisotopic (exact) mass is 529 g/mol. The van der Waals surface area contributed by atoms with Crippen LogP contribution >= 0.6 is 0 Å². The van der Waals surface area contributed by atoms with Crippen molar-refractivity contribution in [3.8, 4) is 6.07 Å². The summed E-state index contributed by atoms with van der Waals surface area (Å²) in [6, 6.07) is 2.01. The summed E-state index contributed by atoms with van der Waals surface area (Å²) in [5, 5.41) is 20.3. The van der Waals surface area contributed by atoms with Crippen molar-refractivity contribution in [3.05, 3.63) is 0 Å². The quantitative estimate of drug-likeness (QED) is 0.272. The number of ether oxygens (including phenoxy) is 2. The molecule has 0 aromatic carbocycles. The lowest BCUT2D eigenvalue weighted by Crippen LogP contribution is -2.58. The average molecular weight is 530 g/mol. The minimum atomic E-state index is -0.282. The van der Waals surface area contributed by atoms with Crippen LogP contribution in [0.25, 0.3) is 0 Å². The zero-order valence-electron chi connectivity index (χ0n) is 24.4. The highest BCUT2D eigenvalue weighted by Gasteiger charge is 2.63. The lowest BCUT2D eigenvalue weighted by atomic mass is 9.43. The lowest BCUT2D eigenvalue weighted by Gasteiger charge is -2.62. The minimum absolute atomic E-state index is 0.00418. The van der Waals surface area contributed by atoms with E-state index in [1.807, 2.05) is 19.9 Å². The van der Waals surface area contributed by atoms with Crippen molar-refractivity contribution in [3.63, 3.8) is 0 Å². The van der Waals surface area contributed by atoms with Gasteiger partial charge in [0.2, 0.25) is 0 Å². The summed E-state index contributed by atoms with van der Waals surface area (Å²) in [5.41, 5.74) is 0.417. The number of fused-ring (bicyclic) bond motifs is 5. The molecule has 0 heterocycles. The van der Waals surface area contributed by atoms with Gasteiger partial charge in [-0.25, -0.2) is 0 Å². The van der Waals surface area contributed by atoms with Crippen molar-refractivity contribution in [2.24, 2.45) is 52.3 Å². The molecule has 1 N–H and O–H groups in total. The topological polar surface area (TPSA) is 96.6 Å². The van der Waals surface area contributed by atoms with E-state index in [-0.39, 0.29) is 53.9 Å². The molecule has 0 radical (unpaired) electrons. The van der Waals surface area contributed by atoms with Gasteiger partial charge in [0, 0.05) is 6.42 Å². The zero-order chi connectivity index (χ0) is 27.7. The van der Waals surface area contributed by atoms with Crippen LogP contribution in [0.2, 0.25) is 0 Å². The first kappa shape index (κ1) is 29.4. The van der Waals surface area contributed by atoms with Crippen molar-refractivity contribution in [2.75, 3.05) is 6.61 Å². The highest BCUT2D eigenvalue weighted by atomic mass is 16.5. The number of nitrogens with zero attached hydrogens (tertiary/aromatic N) is 1. The second kappa shape index (κ2) is 11.9. The molecule has 4 fully saturated rings. The molecule has 0 amide bonds. The molecule has 0 spiro atoms. The first-order valence-electron chi connectivity index (χ1n) is 15.5. The van der Waals surface area contributed by atoms with E-state index in [9.17, 15) is 14.7 Å². The van der Waals surface area contributed by atoms with E-state index in [0.29, 0.717) is 41.9 Å². The maximum Gasteiger partial charge on any atom is 0.308 e. The number of rotatable bonds is 9. The molecule has 0 saturated heterocycles. The predicted molar refractivity (Wildman–Crippen MR) is 146 cm³/mol. The van der Waals surface area contributed by atoms with Gasteiger partial charge in [-0.2, -0.15) is 5.26 Å². The van der Waals surface area contributed by atoms with E-state index in [1.54, 1.807) is 0 Å². The fourth-order valence-electron chi connectivity index (χ4n) is 9.54. The van der Waals surface area contributed by atoms with E-state index >= 15 is 0 Å². The van der Waals surface area contributed by atoms with Crippen molar-refractivity contribution < 1.29 is 24.2 Å². The summed E-state index contributed by atoms with van der Waals surface area (Å²) in [6.45, 7) is 11.4. The van der Waals surface area contributed by atoms with Gasteiger partial charge in [0.15, 0.2) is 0 Å².